The van der Waals surface area contributed by atoms with E-state index in [0.717, 1.165) is 0 Å². The lowest BCUT2D eigenvalue weighted by molar-refractivity contribution is 0.0916. The van der Waals surface area contributed by atoms with Gasteiger partial charge in [-0.1, -0.05) is 13.8 Å². The first-order chi connectivity index (χ1) is 11.5. The molecule has 0 saturated carbocycles. The van der Waals surface area contributed by atoms with Gasteiger partial charge in [-0.15, -0.1) is 0 Å². The Bertz CT molecular complexity index is 743. The van der Waals surface area contributed by atoms with Crippen LogP contribution in [0.3, 0.4) is 0 Å². The molecule has 0 aliphatic carbocycles. The number of hydrogen-bond donors (Lipinski definition) is 3. The summed E-state index contributed by atoms with van der Waals surface area (Å²) in [6, 6.07) is 8.67. The van der Waals surface area contributed by atoms with E-state index in [1.165, 1.54) is 10.9 Å². The summed E-state index contributed by atoms with van der Waals surface area (Å²) in [5.41, 5.74) is 7.33. The van der Waals surface area contributed by atoms with Crippen molar-refractivity contribution in [3.8, 4) is 11.8 Å². The molecule has 7 nitrogen and oxygen atoms in total. The number of nitrogens with two attached hydrogens (primary N) is 1. The normalized spacial score (nSPS) is 12.0. The summed E-state index contributed by atoms with van der Waals surface area (Å²) in [7, 11) is 0. The summed E-state index contributed by atoms with van der Waals surface area (Å²) < 4.78 is 1.45. The molecule has 1 aromatic carbocycles. The molecule has 1 aromatic heterocycles. The summed E-state index contributed by atoms with van der Waals surface area (Å²) in [5.74, 6) is 0.297. The Hall–Kier alpha value is -2.85. The average molecular weight is 327 g/mol. The van der Waals surface area contributed by atoms with Gasteiger partial charge in [0.25, 0.3) is 5.91 Å². The van der Waals surface area contributed by atoms with Crippen LogP contribution < -0.4 is 11.1 Å². The van der Waals surface area contributed by atoms with Gasteiger partial charge in [-0.05, 0) is 36.6 Å². The number of anilines is 1. The topological polar surface area (TPSA) is 117 Å². The van der Waals surface area contributed by atoms with E-state index in [1.807, 2.05) is 19.9 Å². The Labute approximate surface area is 140 Å². The van der Waals surface area contributed by atoms with Gasteiger partial charge in [-0.25, -0.2) is 4.68 Å². The number of nitrogens with one attached hydrogen (secondary N) is 1. The smallest absolute Gasteiger partial charge is 0.251 e. The van der Waals surface area contributed by atoms with Crippen molar-refractivity contribution in [3.05, 3.63) is 41.6 Å². The van der Waals surface area contributed by atoms with Crippen molar-refractivity contribution < 1.29 is 9.90 Å². The number of aliphatic hydroxyl groups excluding tert-OH is 1. The maximum atomic E-state index is 12.3. The largest absolute Gasteiger partial charge is 0.396 e. The van der Waals surface area contributed by atoms with Crippen molar-refractivity contribution in [3.63, 3.8) is 0 Å². The molecule has 0 bridgehead atoms. The molecule has 0 aliphatic heterocycles. The van der Waals surface area contributed by atoms with E-state index in [0.29, 0.717) is 23.2 Å². The number of rotatable bonds is 6. The third kappa shape index (κ3) is 3.73. The van der Waals surface area contributed by atoms with Gasteiger partial charge in [-0.3, -0.25) is 4.79 Å². The summed E-state index contributed by atoms with van der Waals surface area (Å²) in [5, 5.41) is 25.0. The molecular formula is C17H21N5O2. The molecule has 1 unspecified atom stereocenters. The van der Waals surface area contributed by atoms with Crippen molar-refractivity contribution in [2.75, 3.05) is 12.3 Å². The van der Waals surface area contributed by atoms with E-state index in [2.05, 4.69) is 10.4 Å². The highest BCUT2D eigenvalue weighted by molar-refractivity contribution is 5.94. The van der Waals surface area contributed by atoms with Gasteiger partial charge in [0.05, 0.1) is 11.9 Å². The fourth-order valence-electron chi connectivity index (χ4n) is 2.37. The van der Waals surface area contributed by atoms with Crippen LogP contribution in [0.1, 0.15) is 36.2 Å². The molecule has 0 spiro atoms. The number of aromatic nitrogens is 2. The van der Waals surface area contributed by atoms with Crippen LogP contribution >= 0.6 is 0 Å². The zero-order valence-electron chi connectivity index (χ0n) is 13.7. The van der Waals surface area contributed by atoms with Crippen molar-refractivity contribution in [1.82, 2.24) is 15.1 Å². The van der Waals surface area contributed by atoms with Crippen LogP contribution in [-0.2, 0) is 0 Å². The number of nitriles is 1. The molecule has 2 rings (SSSR count). The first-order valence-electron chi connectivity index (χ1n) is 7.73. The van der Waals surface area contributed by atoms with E-state index in [4.69, 9.17) is 16.1 Å². The lowest BCUT2D eigenvalue weighted by atomic mass is 10.0. The highest BCUT2D eigenvalue weighted by Gasteiger charge is 2.17. The summed E-state index contributed by atoms with van der Waals surface area (Å²) in [4.78, 5) is 12.3. The van der Waals surface area contributed by atoms with E-state index in [-0.39, 0.29) is 30.3 Å². The predicted octanol–water partition coefficient (Wildman–Crippen LogP) is 1.46. The maximum absolute atomic E-state index is 12.3. The van der Waals surface area contributed by atoms with Crippen molar-refractivity contribution in [1.29, 1.82) is 5.26 Å². The monoisotopic (exact) mass is 327 g/mol. The van der Waals surface area contributed by atoms with Crippen LogP contribution in [0.2, 0.25) is 0 Å². The fourth-order valence-corrected chi connectivity index (χ4v) is 2.37. The first-order valence-corrected chi connectivity index (χ1v) is 7.73. The molecule has 1 atom stereocenters. The number of aliphatic hydroxyl groups is 1. The molecule has 0 fully saturated rings. The Morgan fingerprint density at radius 2 is 2.08 bits per heavy atom. The van der Waals surface area contributed by atoms with Crippen LogP contribution in [0, 0.1) is 17.2 Å². The molecule has 0 aliphatic rings. The molecule has 7 heteroatoms. The molecular weight excluding hydrogens is 306 g/mol. The molecule has 0 radical (unpaired) electrons. The van der Waals surface area contributed by atoms with Gasteiger partial charge >= 0.3 is 0 Å². The van der Waals surface area contributed by atoms with Crippen LogP contribution in [0.5, 0.6) is 0 Å². The van der Waals surface area contributed by atoms with Crippen LogP contribution in [0.4, 0.5) is 5.82 Å². The zero-order valence-corrected chi connectivity index (χ0v) is 13.7. The third-order valence-corrected chi connectivity index (χ3v) is 3.86. The molecule has 1 amide bonds. The third-order valence-electron chi connectivity index (χ3n) is 3.86. The lowest BCUT2D eigenvalue weighted by Gasteiger charge is -2.21. The van der Waals surface area contributed by atoms with Gasteiger partial charge in [0.1, 0.15) is 17.5 Å². The number of nitrogens with zero attached hydrogens (tertiary/aromatic N) is 3. The van der Waals surface area contributed by atoms with E-state index < -0.39 is 0 Å². The van der Waals surface area contributed by atoms with Gasteiger partial charge < -0.3 is 16.2 Å². The van der Waals surface area contributed by atoms with Gasteiger partial charge in [-0.2, -0.15) is 10.4 Å². The van der Waals surface area contributed by atoms with Gasteiger partial charge in [0.2, 0.25) is 0 Å². The summed E-state index contributed by atoms with van der Waals surface area (Å²) in [6.07, 6.45) is 1.92. The quantitative estimate of drug-likeness (QED) is 0.742. The minimum Gasteiger partial charge on any atom is -0.396 e. The van der Waals surface area contributed by atoms with Crippen molar-refractivity contribution >= 4 is 11.7 Å². The van der Waals surface area contributed by atoms with Crippen molar-refractivity contribution in [2.24, 2.45) is 5.92 Å². The van der Waals surface area contributed by atoms with Gasteiger partial charge in [0, 0.05) is 18.2 Å². The minimum atomic E-state index is -0.195. The van der Waals surface area contributed by atoms with E-state index in [9.17, 15) is 4.79 Å². The standard InChI is InChI=1S/C17H21N5O2/c1-11(2)15(7-8-23)21-17(24)12-3-5-14(6-4-12)22-16(19)13(9-18)10-20-22/h3-6,10-11,15,23H,7-8,19H2,1-2H3,(H,21,24). The molecule has 24 heavy (non-hydrogen) atoms. The maximum Gasteiger partial charge on any atom is 0.251 e. The predicted molar refractivity (Wildman–Crippen MR) is 90.5 cm³/mol. The zero-order chi connectivity index (χ0) is 17.7. The molecule has 126 valence electrons. The molecule has 4 N–H and O–H groups in total. The number of carbonyl (C=O) groups excluding carboxylic acids is 1. The Morgan fingerprint density at radius 1 is 1.42 bits per heavy atom. The van der Waals surface area contributed by atoms with Gasteiger partial charge in [0.15, 0.2) is 0 Å². The molecule has 2 aromatic rings. The highest BCUT2D eigenvalue weighted by Crippen LogP contribution is 2.17. The molecule has 1 heterocycles. The summed E-state index contributed by atoms with van der Waals surface area (Å²) in [6.45, 7) is 4.02. The number of amides is 1. The first kappa shape index (κ1) is 17.5. The minimum absolute atomic E-state index is 0.0296. The Morgan fingerprint density at radius 3 is 2.58 bits per heavy atom. The number of hydrogen-bond acceptors (Lipinski definition) is 5. The average Bonchev–Trinajstić information content (AvgIpc) is 2.95. The van der Waals surface area contributed by atoms with Crippen LogP contribution in [-0.4, -0.2) is 33.4 Å². The lowest BCUT2D eigenvalue weighted by Crippen LogP contribution is -2.39. The van der Waals surface area contributed by atoms with E-state index in [1.54, 1.807) is 24.3 Å². The second-order valence-corrected chi connectivity index (χ2v) is 5.85. The SMILES string of the molecule is CC(C)C(CCO)NC(=O)c1ccc(-n2ncc(C#N)c2N)cc1. The second kappa shape index (κ2) is 7.62. The van der Waals surface area contributed by atoms with Crippen molar-refractivity contribution in [2.45, 2.75) is 26.3 Å². The van der Waals surface area contributed by atoms with E-state index >= 15 is 0 Å². The second-order valence-electron chi connectivity index (χ2n) is 5.85. The van der Waals surface area contributed by atoms with Crippen LogP contribution in [0.15, 0.2) is 30.5 Å². The summed E-state index contributed by atoms with van der Waals surface area (Å²) >= 11 is 0. The highest BCUT2D eigenvalue weighted by atomic mass is 16.3. The fraction of sp³-hybridized carbons (Fsp3) is 0.353. The number of benzene rings is 1. The number of carbonyl (C=O) groups is 1. The molecule has 0 saturated heterocycles. The Balaban J connectivity index is 2.15. The number of nitrogen functional groups attached to an aromatic ring is 1. The Kier molecular flexibility index (Phi) is 5.55. The van der Waals surface area contributed by atoms with Crippen LogP contribution in [0.25, 0.3) is 5.69 Å².